The van der Waals surface area contributed by atoms with Crippen LogP contribution in [0.15, 0.2) is 12.4 Å². The average Bonchev–Trinajstić information content (AvgIpc) is 3.04. The molecule has 1 aromatic rings. The molecule has 1 amide bonds. The molecule has 1 saturated carbocycles. The number of nitrogens with two attached hydrogens (primary N) is 1. The molecule has 1 saturated heterocycles. The van der Waals surface area contributed by atoms with Crippen LogP contribution in [0, 0.1) is 5.92 Å². The lowest BCUT2D eigenvalue weighted by molar-refractivity contribution is -0.137. The summed E-state index contributed by atoms with van der Waals surface area (Å²) in [5.41, 5.74) is 6.04. The lowest BCUT2D eigenvalue weighted by Gasteiger charge is -2.36. The highest BCUT2D eigenvalue weighted by Crippen LogP contribution is 2.31. The lowest BCUT2D eigenvalue weighted by Crippen LogP contribution is -2.44. The van der Waals surface area contributed by atoms with Crippen molar-refractivity contribution in [2.75, 3.05) is 13.1 Å². The summed E-state index contributed by atoms with van der Waals surface area (Å²) in [5, 5.41) is 0. The molecule has 0 aromatic carbocycles. The van der Waals surface area contributed by atoms with Crippen molar-refractivity contribution in [3.63, 3.8) is 0 Å². The molecule has 5 nitrogen and oxygen atoms in total. The molecular weight excluding hydrogens is 359 g/mol. The molecule has 2 fully saturated rings. The van der Waals surface area contributed by atoms with E-state index in [2.05, 4.69) is 34.5 Å². The Hall–Kier alpha value is -0.780. The molecule has 1 aliphatic heterocycles. The number of carbonyl (C=O) groups excluding carboxylic acids is 1. The van der Waals surface area contributed by atoms with Gasteiger partial charge < -0.3 is 15.2 Å². The van der Waals surface area contributed by atoms with E-state index in [9.17, 15) is 4.79 Å². The molecule has 2 N–H and O–H groups in total. The molecule has 25 heavy (non-hydrogen) atoms. The van der Waals surface area contributed by atoms with Crippen molar-refractivity contribution < 1.29 is 4.79 Å². The van der Waals surface area contributed by atoms with Gasteiger partial charge in [0.25, 0.3) is 0 Å². The van der Waals surface area contributed by atoms with Crippen LogP contribution in [-0.4, -0.2) is 39.5 Å². The Morgan fingerprint density at radius 1 is 1.20 bits per heavy atom. The van der Waals surface area contributed by atoms with Crippen molar-refractivity contribution >= 4 is 30.7 Å². The number of hydrogen-bond acceptors (Lipinski definition) is 3. The molecule has 0 unspecified atom stereocenters. The van der Waals surface area contributed by atoms with Gasteiger partial charge in [0.2, 0.25) is 5.91 Å². The van der Waals surface area contributed by atoms with E-state index in [1.54, 1.807) is 0 Å². The highest BCUT2D eigenvalue weighted by atomic mass is 35.5. The van der Waals surface area contributed by atoms with E-state index in [4.69, 9.17) is 5.73 Å². The summed E-state index contributed by atoms with van der Waals surface area (Å²) in [4.78, 5) is 19.4. The predicted octanol–water partition coefficient (Wildman–Crippen LogP) is 3.53. The molecule has 3 rings (SSSR count). The standard InChI is InChI=1S/C18H30N4O.2ClH/c1-13(2)22-11-8-20-17(22)14-6-9-21(10-7-14)18(23)15-4-3-5-16(19)12-15;;/h8,11,13-16H,3-7,9-10,12,19H2,1-2H3;2*1H/t15-,16+;;/m1../s1. The van der Waals surface area contributed by atoms with Crippen molar-refractivity contribution in [3.8, 4) is 0 Å². The number of amides is 1. The zero-order valence-corrected chi connectivity index (χ0v) is 16.9. The molecule has 2 heterocycles. The summed E-state index contributed by atoms with van der Waals surface area (Å²) in [7, 11) is 0. The Labute approximate surface area is 163 Å². The third kappa shape index (κ3) is 5.11. The number of rotatable bonds is 3. The molecule has 0 bridgehead atoms. The van der Waals surface area contributed by atoms with Gasteiger partial charge in [0, 0.05) is 49.4 Å². The average molecular weight is 391 g/mol. The van der Waals surface area contributed by atoms with Crippen LogP contribution >= 0.6 is 24.8 Å². The Morgan fingerprint density at radius 3 is 2.48 bits per heavy atom. The first kappa shape index (κ1) is 22.3. The largest absolute Gasteiger partial charge is 0.342 e. The zero-order valence-electron chi connectivity index (χ0n) is 15.3. The van der Waals surface area contributed by atoms with Crippen LogP contribution in [-0.2, 0) is 4.79 Å². The lowest BCUT2D eigenvalue weighted by atomic mass is 9.84. The topological polar surface area (TPSA) is 64.2 Å². The molecule has 2 atom stereocenters. The molecule has 7 heteroatoms. The van der Waals surface area contributed by atoms with E-state index in [0.29, 0.717) is 17.9 Å². The molecule has 144 valence electrons. The number of halogens is 2. The van der Waals surface area contributed by atoms with E-state index >= 15 is 0 Å². The van der Waals surface area contributed by atoms with Crippen LogP contribution in [0.3, 0.4) is 0 Å². The monoisotopic (exact) mass is 390 g/mol. The van der Waals surface area contributed by atoms with E-state index in [0.717, 1.165) is 51.6 Å². The summed E-state index contributed by atoms with van der Waals surface area (Å²) >= 11 is 0. The first-order chi connectivity index (χ1) is 11.1. The molecule has 2 aliphatic rings. The van der Waals surface area contributed by atoms with Crippen molar-refractivity contribution in [3.05, 3.63) is 18.2 Å². The highest BCUT2D eigenvalue weighted by Gasteiger charge is 2.32. The first-order valence-corrected chi connectivity index (χ1v) is 9.13. The third-order valence-electron chi connectivity index (χ3n) is 5.49. The van der Waals surface area contributed by atoms with Crippen molar-refractivity contribution in [1.82, 2.24) is 14.5 Å². The molecule has 1 aromatic heterocycles. The van der Waals surface area contributed by atoms with Crippen molar-refractivity contribution in [1.29, 1.82) is 0 Å². The Morgan fingerprint density at radius 2 is 1.88 bits per heavy atom. The fourth-order valence-corrected chi connectivity index (χ4v) is 4.15. The van der Waals surface area contributed by atoms with Crippen LogP contribution in [0.1, 0.15) is 70.2 Å². The summed E-state index contributed by atoms with van der Waals surface area (Å²) in [5.74, 6) is 2.16. The van der Waals surface area contributed by atoms with Gasteiger partial charge in [-0.1, -0.05) is 6.42 Å². The van der Waals surface area contributed by atoms with Gasteiger partial charge in [-0.3, -0.25) is 4.79 Å². The highest BCUT2D eigenvalue weighted by molar-refractivity contribution is 5.85. The summed E-state index contributed by atoms with van der Waals surface area (Å²) in [6, 6.07) is 0.657. The number of carbonyl (C=O) groups is 1. The second-order valence-electron chi connectivity index (χ2n) is 7.51. The van der Waals surface area contributed by atoms with E-state index < -0.39 is 0 Å². The smallest absolute Gasteiger partial charge is 0.225 e. The van der Waals surface area contributed by atoms with Gasteiger partial charge in [0.1, 0.15) is 5.82 Å². The maximum atomic E-state index is 12.7. The van der Waals surface area contributed by atoms with Crippen molar-refractivity contribution in [2.24, 2.45) is 11.7 Å². The second-order valence-corrected chi connectivity index (χ2v) is 7.51. The van der Waals surface area contributed by atoms with Crippen LogP contribution in [0.5, 0.6) is 0 Å². The van der Waals surface area contributed by atoms with Crippen molar-refractivity contribution in [2.45, 2.75) is 70.4 Å². The minimum Gasteiger partial charge on any atom is -0.342 e. The molecule has 1 aliphatic carbocycles. The molecule has 0 radical (unpaired) electrons. The fraction of sp³-hybridized carbons (Fsp3) is 0.778. The van der Waals surface area contributed by atoms with Gasteiger partial charge in [-0.15, -0.1) is 24.8 Å². The van der Waals surface area contributed by atoms with E-state index in [-0.39, 0.29) is 36.8 Å². The number of nitrogens with zero attached hydrogens (tertiary/aromatic N) is 3. The number of aromatic nitrogens is 2. The summed E-state index contributed by atoms with van der Waals surface area (Å²) in [6.45, 7) is 6.10. The summed E-state index contributed by atoms with van der Waals surface area (Å²) < 4.78 is 2.27. The van der Waals surface area contributed by atoms with E-state index in [1.165, 1.54) is 5.82 Å². The van der Waals surface area contributed by atoms with Gasteiger partial charge in [0.15, 0.2) is 0 Å². The normalized spacial score (nSPS) is 24.6. The maximum Gasteiger partial charge on any atom is 0.225 e. The molecule has 0 spiro atoms. The van der Waals surface area contributed by atoms with Gasteiger partial charge in [-0.05, 0) is 46.0 Å². The fourth-order valence-electron chi connectivity index (χ4n) is 4.15. The van der Waals surface area contributed by atoms with Crippen LogP contribution < -0.4 is 5.73 Å². The quantitative estimate of drug-likeness (QED) is 0.857. The third-order valence-corrected chi connectivity index (χ3v) is 5.49. The number of likely N-dealkylation sites (tertiary alicyclic amines) is 1. The van der Waals surface area contributed by atoms with Crippen LogP contribution in [0.25, 0.3) is 0 Å². The number of piperidine rings is 1. The number of hydrogen-bond donors (Lipinski definition) is 1. The Bertz CT molecular complexity index is 541. The number of imidazole rings is 1. The second kappa shape index (κ2) is 9.79. The summed E-state index contributed by atoms with van der Waals surface area (Å²) in [6.07, 6.45) is 10.1. The van der Waals surface area contributed by atoms with E-state index in [1.807, 2.05) is 6.20 Å². The van der Waals surface area contributed by atoms with Crippen LogP contribution in [0.4, 0.5) is 0 Å². The minimum atomic E-state index is 0. The molecular formula is C18H32Cl2N4O. The maximum absolute atomic E-state index is 12.7. The first-order valence-electron chi connectivity index (χ1n) is 9.13. The van der Waals surface area contributed by atoms with Gasteiger partial charge >= 0.3 is 0 Å². The van der Waals surface area contributed by atoms with Crippen LogP contribution in [0.2, 0.25) is 0 Å². The van der Waals surface area contributed by atoms with Gasteiger partial charge in [0.05, 0.1) is 0 Å². The SMILES string of the molecule is CC(C)n1ccnc1C1CCN(C(=O)[C@@H]2CCC[C@H](N)C2)CC1.Cl.Cl. The zero-order chi connectivity index (χ0) is 16.4. The van der Waals surface area contributed by atoms with Gasteiger partial charge in [-0.2, -0.15) is 0 Å². The minimum absolute atomic E-state index is 0. The Balaban J connectivity index is 0.00000156. The van der Waals surface area contributed by atoms with Gasteiger partial charge in [-0.25, -0.2) is 4.98 Å². The Kier molecular flexibility index (Phi) is 8.72. The predicted molar refractivity (Wildman–Crippen MR) is 106 cm³/mol.